The number of benzene rings is 1. The molecule has 14 heavy (non-hydrogen) atoms. The molecule has 3 heteroatoms. The fourth-order valence-electron chi connectivity index (χ4n) is 1.71. The van der Waals surface area contributed by atoms with Crippen LogP contribution in [0.3, 0.4) is 0 Å². The molecule has 1 N–H and O–H groups in total. The molecule has 0 amide bonds. The van der Waals surface area contributed by atoms with E-state index >= 15 is 0 Å². The summed E-state index contributed by atoms with van der Waals surface area (Å²) in [6.07, 6.45) is 3.29. The Morgan fingerprint density at radius 3 is 2.93 bits per heavy atom. The topological polar surface area (TPSA) is 29.1 Å². The van der Waals surface area contributed by atoms with Crippen molar-refractivity contribution < 1.29 is 4.21 Å². The monoisotopic (exact) mass is 209 g/mol. The van der Waals surface area contributed by atoms with Crippen molar-refractivity contribution in [2.24, 2.45) is 0 Å². The lowest BCUT2D eigenvalue weighted by Crippen LogP contribution is -2.17. The van der Waals surface area contributed by atoms with Crippen molar-refractivity contribution in [3.05, 3.63) is 24.3 Å². The normalized spacial score (nSPS) is 24.4. The van der Waals surface area contributed by atoms with Crippen LogP contribution in [0.2, 0.25) is 0 Å². The number of hydrogen-bond donors (Lipinski definition) is 1. The van der Waals surface area contributed by atoms with Crippen LogP contribution in [0.4, 0.5) is 5.69 Å². The number of anilines is 1. The zero-order chi connectivity index (χ0) is 9.97. The van der Waals surface area contributed by atoms with Gasteiger partial charge in [-0.1, -0.05) is 31.9 Å². The molecule has 1 heterocycles. The number of nitrogens with one attached hydrogen (secondary N) is 1. The molecule has 0 bridgehead atoms. The van der Waals surface area contributed by atoms with E-state index < -0.39 is 10.8 Å². The predicted octanol–water partition coefficient (Wildman–Crippen LogP) is 2.74. The van der Waals surface area contributed by atoms with Crippen LogP contribution >= 0.6 is 0 Å². The van der Waals surface area contributed by atoms with Crippen molar-refractivity contribution in [3.63, 3.8) is 0 Å². The zero-order valence-electron chi connectivity index (χ0n) is 8.32. The van der Waals surface area contributed by atoms with Gasteiger partial charge in [-0.25, -0.2) is 0 Å². The molecule has 0 aromatic heterocycles. The zero-order valence-corrected chi connectivity index (χ0v) is 9.14. The summed E-state index contributed by atoms with van der Waals surface area (Å²) >= 11 is 0. The van der Waals surface area contributed by atoms with E-state index in [9.17, 15) is 4.21 Å². The van der Waals surface area contributed by atoms with Crippen LogP contribution in [0, 0.1) is 0 Å². The maximum atomic E-state index is 12.0. The highest BCUT2D eigenvalue weighted by molar-refractivity contribution is 7.86. The van der Waals surface area contributed by atoms with Crippen molar-refractivity contribution >= 4 is 16.5 Å². The lowest BCUT2D eigenvalue weighted by Gasteiger charge is -2.08. The lowest BCUT2D eigenvalue weighted by molar-refractivity contribution is 0.660. The Morgan fingerprint density at radius 2 is 2.21 bits per heavy atom. The molecule has 1 aliphatic rings. The maximum Gasteiger partial charge on any atom is 0.107 e. The second-order valence-corrected chi connectivity index (χ2v) is 5.17. The highest BCUT2D eigenvalue weighted by atomic mass is 32.2. The summed E-state index contributed by atoms with van der Waals surface area (Å²) in [5.74, 6) is 0. The largest absolute Gasteiger partial charge is 0.370 e. The summed E-state index contributed by atoms with van der Waals surface area (Å²) in [5, 5.41) is 3.45. The molecule has 2 rings (SSSR count). The van der Waals surface area contributed by atoms with Crippen LogP contribution in [0.5, 0.6) is 0 Å². The number of unbranched alkanes of at least 4 members (excludes halogenated alkanes) is 1. The van der Waals surface area contributed by atoms with Crippen molar-refractivity contribution in [1.82, 2.24) is 0 Å². The molecule has 1 aromatic carbocycles. The third-order valence-electron chi connectivity index (χ3n) is 2.50. The molecule has 0 fully saturated rings. The van der Waals surface area contributed by atoms with Gasteiger partial charge in [0.1, 0.15) is 5.37 Å². The Labute approximate surface area is 87.2 Å². The van der Waals surface area contributed by atoms with Crippen molar-refractivity contribution in [2.45, 2.75) is 36.5 Å². The van der Waals surface area contributed by atoms with Crippen LogP contribution in [0.15, 0.2) is 29.2 Å². The molecule has 1 aliphatic heterocycles. The van der Waals surface area contributed by atoms with Crippen molar-refractivity contribution in [2.75, 3.05) is 5.32 Å². The predicted molar refractivity (Wildman–Crippen MR) is 59.8 cm³/mol. The van der Waals surface area contributed by atoms with E-state index in [0.29, 0.717) is 0 Å². The van der Waals surface area contributed by atoms with Crippen LogP contribution in [-0.4, -0.2) is 9.58 Å². The van der Waals surface area contributed by atoms with E-state index in [-0.39, 0.29) is 5.37 Å². The van der Waals surface area contributed by atoms with Crippen LogP contribution < -0.4 is 5.32 Å². The van der Waals surface area contributed by atoms with E-state index in [1.165, 1.54) is 0 Å². The van der Waals surface area contributed by atoms with Gasteiger partial charge in [-0.15, -0.1) is 0 Å². The first-order valence-corrected chi connectivity index (χ1v) is 6.30. The SMILES string of the molecule is CCCCC1Nc2ccccc2S1=O. The first-order valence-electron chi connectivity index (χ1n) is 5.09. The van der Waals surface area contributed by atoms with Crippen molar-refractivity contribution in [3.8, 4) is 0 Å². The Hall–Kier alpha value is -0.830. The first-order chi connectivity index (χ1) is 6.83. The molecule has 0 aliphatic carbocycles. The summed E-state index contributed by atoms with van der Waals surface area (Å²) in [6.45, 7) is 2.16. The molecule has 0 saturated carbocycles. The smallest absolute Gasteiger partial charge is 0.107 e. The molecule has 1 aromatic rings. The number of hydrogen-bond acceptors (Lipinski definition) is 2. The van der Waals surface area contributed by atoms with Gasteiger partial charge in [0.25, 0.3) is 0 Å². The first kappa shape index (κ1) is 9.71. The highest BCUT2D eigenvalue weighted by Gasteiger charge is 2.27. The molecule has 76 valence electrons. The van der Waals surface area contributed by atoms with Crippen LogP contribution in [0.1, 0.15) is 26.2 Å². The second-order valence-electron chi connectivity index (χ2n) is 3.57. The maximum absolute atomic E-state index is 12.0. The van der Waals surface area contributed by atoms with Gasteiger partial charge in [-0.2, -0.15) is 0 Å². The summed E-state index contributed by atoms with van der Waals surface area (Å²) < 4.78 is 12.0. The Morgan fingerprint density at radius 1 is 1.43 bits per heavy atom. The van der Waals surface area contributed by atoms with Crippen LogP contribution in [-0.2, 0) is 10.8 Å². The van der Waals surface area contributed by atoms with E-state index in [1.807, 2.05) is 24.3 Å². The average Bonchev–Trinajstić information content (AvgIpc) is 2.54. The van der Waals surface area contributed by atoms with E-state index in [4.69, 9.17) is 0 Å². The minimum atomic E-state index is -0.848. The van der Waals surface area contributed by atoms with Gasteiger partial charge >= 0.3 is 0 Å². The summed E-state index contributed by atoms with van der Waals surface area (Å²) in [5.41, 5.74) is 1.05. The van der Waals surface area contributed by atoms with Gasteiger partial charge in [0.15, 0.2) is 0 Å². The highest BCUT2D eigenvalue weighted by Crippen LogP contribution is 2.31. The lowest BCUT2D eigenvalue weighted by atomic mass is 10.2. The second kappa shape index (κ2) is 4.13. The van der Waals surface area contributed by atoms with Gasteiger partial charge in [0.2, 0.25) is 0 Å². The molecule has 2 unspecified atom stereocenters. The minimum absolute atomic E-state index is 0.132. The molecular weight excluding hydrogens is 194 g/mol. The van der Waals surface area contributed by atoms with Gasteiger partial charge in [-0.05, 0) is 18.6 Å². The van der Waals surface area contributed by atoms with Gasteiger partial charge < -0.3 is 5.32 Å². The fourth-order valence-corrected chi connectivity index (χ4v) is 3.19. The van der Waals surface area contributed by atoms with Gasteiger partial charge in [-0.3, -0.25) is 4.21 Å². The number of fused-ring (bicyclic) bond motifs is 1. The summed E-state index contributed by atoms with van der Waals surface area (Å²) in [4.78, 5) is 0.966. The van der Waals surface area contributed by atoms with Gasteiger partial charge in [0.05, 0.1) is 21.4 Å². The Kier molecular flexibility index (Phi) is 2.87. The fraction of sp³-hybridized carbons (Fsp3) is 0.455. The molecule has 0 saturated heterocycles. The van der Waals surface area contributed by atoms with Gasteiger partial charge in [0, 0.05) is 0 Å². The van der Waals surface area contributed by atoms with E-state index in [0.717, 1.165) is 29.8 Å². The van der Waals surface area contributed by atoms with Crippen molar-refractivity contribution in [1.29, 1.82) is 0 Å². The standard InChI is InChI=1S/C11H15NOS/c1-2-3-8-11-12-9-6-4-5-7-10(9)14(11)13/h4-7,11-12H,2-3,8H2,1H3. The molecule has 0 spiro atoms. The Balaban J connectivity index is 2.13. The minimum Gasteiger partial charge on any atom is -0.370 e. The van der Waals surface area contributed by atoms with Crippen LogP contribution in [0.25, 0.3) is 0 Å². The Bertz CT molecular complexity index is 351. The summed E-state index contributed by atoms with van der Waals surface area (Å²) in [7, 11) is -0.848. The third kappa shape index (κ3) is 1.69. The number of rotatable bonds is 3. The van der Waals surface area contributed by atoms with E-state index in [2.05, 4.69) is 12.2 Å². The molecule has 2 atom stereocenters. The molecule has 2 nitrogen and oxygen atoms in total. The average molecular weight is 209 g/mol. The number of para-hydroxylation sites is 1. The summed E-state index contributed by atoms with van der Waals surface area (Å²) in [6, 6.07) is 7.87. The van der Waals surface area contributed by atoms with E-state index in [1.54, 1.807) is 0 Å². The molecular formula is C11H15NOS. The quantitative estimate of drug-likeness (QED) is 0.829. The molecule has 0 radical (unpaired) electrons. The third-order valence-corrected chi connectivity index (χ3v) is 4.16.